The summed E-state index contributed by atoms with van der Waals surface area (Å²) in [5, 5.41) is 2.71. The first kappa shape index (κ1) is 17.5. The first-order chi connectivity index (χ1) is 12.1. The third-order valence-electron chi connectivity index (χ3n) is 4.24. The average molecular weight is 345 g/mol. The van der Waals surface area contributed by atoms with Gasteiger partial charge in [0.1, 0.15) is 11.6 Å². The molecule has 6 heteroatoms. The summed E-state index contributed by atoms with van der Waals surface area (Å²) in [4.78, 5) is 16.4. The molecule has 1 amide bonds. The standard InChI is InChI=1S/C19H21F2N3O/c20-16-4-1-3-15(11-16)13-23-7-9-24(10-8-23)14-19(25)22-18-6-2-5-17(21)12-18/h1-6,11-12H,7-10,13-14H2,(H,22,25). The van der Waals surface area contributed by atoms with Crippen LogP contribution in [-0.2, 0) is 11.3 Å². The third kappa shape index (κ3) is 5.34. The van der Waals surface area contributed by atoms with Gasteiger partial charge in [-0.05, 0) is 35.9 Å². The summed E-state index contributed by atoms with van der Waals surface area (Å²) < 4.78 is 26.4. The van der Waals surface area contributed by atoms with Crippen molar-refractivity contribution in [2.75, 3.05) is 38.0 Å². The quantitative estimate of drug-likeness (QED) is 0.905. The van der Waals surface area contributed by atoms with E-state index in [2.05, 4.69) is 15.1 Å². The first-order valence-corrected chi connectivity index (χ1v) is 8.33. The van der Waals surface area contributed by atoms with E-state index >= 15 is 0 Å². The molecule has 3 rings (SSSR count). The van der Waals surface area contributed by atoms with Crippen LogP contribution in [0.3, 0.4) is 0 Å². The Balaban J connectivity index is 1.43. The van der Waals surface area contributed by atoms with Crippen LogP contribution in [0.4, 0.5) is 14.5 Å². The van der Waals surface area contributed by atoms with Gasteiger partial charge < -0.3 is 5.32 Å². The van der Waals surface area contributed by atoms with Gasteiger partial charge in [-0.3, -0.25) is 14.6 Å². The minimum absolute atomic E-state index is 0.149. The van der Waals surface area contributed by atoms with Crippen LogP contribution in [0.15, 0.2) is 48.5 Å². The molecule has 0 bridgehead atoms. The first-order valence-electron chi connectivity index (χ1n) is 8.33. The lowest BCUT2D eigenvalue weighted by molar-refractivity contribution is -0.117. The van der Waals surface area contributed by atoms with Crippen molar-refractivity contribution in [3.8, 4) is 0 Å². The highest BCUT2D eigenvalue weighted by molar-refractivity contribution is 5.92. The Labute approximate surface area is 146 Å². The van der Waals surface area contributed by atoms with Crippen LogP contribution in [0.25, 0.3) is 0 Å². The lowest BCUT2D eigenvalue weighted by Gasteiger charge is -2.34. The molecule has 0 unspecified atom stereocenters. The highest BCUT2D eigenvalue weighted by atomic mass is 19.1. The zero-order chi connectivity index (χ0) is 17.6. The fourth-order valence-corrected chi connectivity index (χ4v) is 2.97. The van der Waals surface area contributed by atoms with Gasteiger partial charge in [-0.15, -0.1) is 0 Å². The molecule has 0 aliphatic carbocycles. The van der Waals surface area contributed by atoms with Gasteiger partial charge >= 0.3 is 0 Å². The highest BCUT2D eigenvalue weighted by Crippen LogP contribution is 2.11. The molecule has 1 aliphatic heterocycles. The number of nitrogens with one attached hydrogen (secondary N) is 1. The molecule has 1 aliphatic rings. The number of piperazine rings is 1. The summed E-state index contributed by atoms with van der Waals surface area (Å²) in [5.41, 5.74) is 1.42. The van der Waals surface area contributed by atoms with E-state index < -0.39 is 0 Å². The number of nitrogens with zero attached hydrogens (tertiary/aromatic N) is 2. The normalized spacial score (nSPS) is 15.9. The number of hydrogen-bond donors (Lipinski definition) is 1. The topological polar surface area (TPSA) is 35.6 Å². The zero-order valence-electron chi connectivity index (χ0n) is 13.9. The van der Waals surface area contributed by atoms with E-state index in [-0.39, 0.29) is 24.1 Å². The monoisotopic (exact) mass is 345 g/mol. The summed E-state index contributed by atoms with van der Waals surface area (Å²) in [6.45, 7) is 4.18. The fourth-order valence-electron chi connectivity index (χ4n) is 2.97. The molecule has 0 spiro atoms. The molecule has 0 radical (unpaired) electrons. The van der Waals surface area contributed by atoms with E-state index in [0.29, 0.717) is 12.2 Å². The van der Waals surface area contributed by atoms with Crippen molar-refractivity contribution in [2.45, 2.75) is 6.54 Å². The predicted molar refractivity (Wildman–Crippen MR) is 93.1 cm³/mol. The average Bonchev–Trinajstić information content (AvgIpc) is 2.57. The molecular weight excluding hydrogens is 324 g/mol. The van der Waals surface area contributed by atoms with Gasteiger partial charge in [0.2, 0.25) is 5.91 Å². The summed E-state index contributed by atoms with van der Waals surface area (Å²) in [7, 11) is 0. The van der Waals surface area contributed by atoms with Crippen LogP contribution in [0.2, 0.25) is 0 Å². The molecule has 1 N–H and O–H groups in total. The number of halogens is 2. The maximum Gasteiger partial charge on any atom is 0.238 e. The molecule has 1 fully saturated rings. The number of amides is 1. The number of benzene rings is 2. The molecule has 2 aromatic rings. The Kier molecular flexibility index (Phi) is 5.73. The smallest absolute Gasteiger partial charge is 0.238 e. The number of carbonyl (C=O) groups is 1. The second-order valence-corrected chi connectivity index (χ2v) is 6.24. The van der Waals surface area contributed by atoms with Gasteiger partial charge in [0.15, 0.2) is 0 Å². The van der Waals surface area contributed by atoms with Gasteiger partial charge in [0.25, 0.3) is 0 Å². The van der Waals surface area contributed by atoms with Crippen LogP contribution < -0.4 is 5.32 Å². The van der Waals surface area contributed by atoms with E-state index in [1.54, 1.807) is 24.3 Å². The lowest BCUT2D eigenvalue weighted by Crippen LogP contribution is -2.48. The molecule has 0 atom stereocenters. The number of rotatable bonds is 5. The maximum atomic E-state index is 13.2. The second kappa shape index (κ2) is 8.18. The molecule has 1 saturated heterocycles. The third-order valence-corrected chi connectivity index (χ3v) is 4.24. The van der Waals surface area contributed by atoms with Crippen molar-refractivity contribution in [1.82, 2.24) is 9.80 Å². The molecule has 132 valence electrons. The SMILES string of the molecule is O=C(CN1CCN(Cc2cccc(F)c2)CC1)Nc1cccc(F)c1. The largest absolute Gasteiger partial charge is 0.325 e. The van der Waals surface area contributed by atoms with E-state index in [4.69, 9.17) is 0 Å². The van der Waals surface area contributed by atoms with Gasteiger partial charge in [-0.2, -0.15) is 0 Å². The van der Waals surface area contributed by atoms with Gasteiger partial charge in [0, 0.05) is 38.4 Å². The van der Waals surface area contributed by atoms with Crippen LogP contribution >= 0.6 is 0 Å². The van der Waals surface area contributed by atoms with Crippen molar-refractivity contribution in [1.29, 1.82) is 0 Å². The minimum atomic E-state index is -0.372. The number of carbonyl (C=O) groups excluding carboxylic acids is 1. The highest BCUT2D eigenvalue weighted by Gasteiger charge is 2.19. The van der Waals surface area contributed by atoms with E-state index in [0.717, 1.165) is 31.7 Å². The molecule has 2 aromatic carbocycles. The summed E-state index contributed by atoms with van der Waals surface area (Å²) >= 11 is 0. The fraction of sp³-hybridized carbons (Fsp3) is 0.316. The van der Waals surface area contributed by atoms with Crippen molar-refractivity contribution in [2.24, 2.45) is 0 Å². The molecule has 0 aromatic heterocycles. The Hall–Kier alpha value is -2.31. The van der Waals surface area contributed by atoms with Crippen LogP contribution in [-0.4, -0.2) is 48.4 Å². The predicted octanol–water partition coefficient (Wildman–Crippen LogP) is 2.72. The van der Waals surface area contributed by atoms with E-state index in [1.165, 1.54) is 18.2 Å². The van der Waals surface area contributed by atoms with Crippen molar-refractivity contribution in [3.05, 3.63) is 65.7 Å². The molecule has 25 heavy (non-hydrogen) atoms. The number of hydrogen-bond acceptors (Lipinski definition) is 3. The molecular formula is C19H21F2N3O. The van der Waals surface area contributed by atoms with Gasteiger partial charge in [0.05, 0.1) is 6.54 Å². The second-order valence-electron chi connectivity index (χ2n) is 6.24. The number of anilines is 1. The van der Waals surface area contributed by atoms with E-state index in [1.807, 2.05) is 6.07 Å². The lowest BCUT2D eigenvalue weighted by atomic mass is 10.2. The summed E-state index contributed by atoms with van der Waals surface area (Å²) in [6, 6.07) is 12.5. The van der Waals surface area contributed by atoms with Crippen LogP contribution in [0.5, 0.6) is 0 Å². The summed E-state index contributed by atoms with van der Waals surface area (Å²) in [6.07, 6.45) is 0. The van der Waals surface area contributed by atoms with Crippen LogP contribution in [0, 0.1) is 11.6 Å². The Morgan fingerprint density at radius 1 is 0.920 bits per heavy atom. The van der Waals surface area contributed by atoms with E-state index in [9.17, 15) is 13.6 Å². The van der Waals surface area contributed by atoms with Crippen molar-refractivity contribution < 1.29 is 13.6 Å². The molecule has 4 nitrogen and oxygen atoms in total. The maximum absolute atomic E-state index is 13.2. The Morgan fingerprint density at radius 3 is 2.24 bits per heavy atom. The summed E-state index contributed by atoms with van der Waals surface area (Å²) in [5.74, 6) is -0.738. The zero-order valence-corrected chi connectivity index (χ0v) is 13.9. The molecule has 1 heterocycles. The Morgan fingerprint density at radius 2 is 1.56 bits per heavy atom. The minimum Gasteiger partial charge on any atom is -0.325 e. The van der Waals surface area contributed by atoms with Crippen molar-refractivity contribution in [3.63, 3.8) is 0 Å². The van der Waals surface area contributed by atoms with Gasteiger partial charge in [-0.1, -0.05) is 18.2 Å². The van der Waals surface area contributed by atoms with Crippen LogP contribution in [0.1, 0.15) is 5.56 Å². The Bertz CT molecular complexity index is 730. The van der Waals surface area contributed by atoms with Gasteiger partial charge in [-0.25, -0.2) is 8.78 Å². The molecule has 0 saturated carbocycles. The van der Waals surface area contributed by atoms with Crippen molar-refractivity contribution >= 4 is 11.6 Å².